The van der Waals surface area contributed by atoms with Crippen LogP contribution in [0.25, 0.3) is 17.1 Å². The molecule has 1 unspecified atom stereocenters. The average molecular weight is 712 g/mol. The van der Waals surface area contributed by atoms with E-state index in [2.05, 4.69) is 19.8 Å². The highest BCUT2D eigenvalue weighted by molar-refractivity contribution is 8.15. The summed E-state index contributed by atoms with van der Waals surface area (Å²) in [6.07, 6.45) is -12.7. The third kappa shape index (κ3) is 7.76. The van der Waals surface area contributed by atoms with Crippen molar-refractivity contribution in [3.05, 3.63) is 89.2 Å². The second-order valence-electron chi connectivity index (χ2n) is 10.6. The zero-order valence-corrected chi connectivity index (χ0v) is 26.5. The number of anilines is 1. The first kappa shape index (κ1) is 34.8. The minimum Gasteiger partial charge on any atom is -0.444 e. The Labute approximate surface area is 278 Å². The van der Waals surface area contributed by atoms with Gasteiger partial charge < -0.3 is 9.47 Å². The van der Waals surface area contributed by atoms with E-state index in [0.29, 0.717) is 22.0 Å². The normalized spacial score (nSPS) is 15.3. The number of hydrogen-bond acceptors (Lipinski definition) is 7. The molecule has 252 valence electrons. The van der Waals surface area contributed by atoms with E-state index in [9.17, 15) is 35.9 Å². The molecule has 1 aliphatic heterocycles. The van der Waals surface area contributed by atoms with Gasteiger partial charge in [-0.15, -0.1) is 5.10 Å². The first-order chi connectivity index (χ1) is 22.6. The summed E-state index contributed by atoms with van der Waals surface area (Å²) >= 11 is 7.22. The van der Waals surface area contributed by atoms with Gasteiger partial charge >= 0.3 is 18.4 Å². The summed E-state index contributed by atoms with van der Waals surface area (Å²) in [4.78, 5) is 34.6. The number of alkyl halides is 6. The second-order valence-corrected chi connectivity index (χ2v) is 11.9. The quantitative estimate of drug-likeness (QED) is 0.161. The largest absolute Gasteiger partial charge is 0.499 e. The average Bonchev–Trinajstić information content (AvgIpc) is 3.66. The lowest BCUT2D eigenvalue weighted by Crippen LogP contribution is -2.41. The summed E-state index contributed by atoms with van der Waals surface area (Å²) < 4.78 is 88.5. The molecule has 2 heterocycles. The van der Waals surface area contributed by atoms with Crippen molar-refractivity contribution < 1.29 is 45.4 Å². The number of amides is 2. The van der Waals surface area contributed by atoms with Crippen LogP contribution in [-0.4, -0.2) is 56.6 Å². The highest BCUT2D eigenvalue weighted by Gasteiger charge is 2.61. The first-order valence-electron chi connectivity index (χ1n) is 14.0. The van der Waals surface area contributed by atoms with Gasteiger partial charge in [0, 0.05) is 10.6 Å². The third-order valence-corrected chi connectivity index (χ3v) is 8.02. The predicted octanol–water partition coefficient (Wildman–Crippen LogP) is 8.53. The Morgan fingerprint density at radius 1 is 1.04 bits per heavy atom. The summed E-state index contributed by atoms with van der Waals surface area (Å²) in [7, 11) is 0. The molecule has 9 nitrogen and oxygen atoms in total. The topological polar surface area (TPSA) is 98.9 Å². The number of rotatable bonds is 9. The van der Waals surface area contributed by atoms with Gasteiger partial charge in [-0.1, -0.05) is 67.5 Å². The number of carbonyl (C=O) groups excluding carboxylic acids is 2. The van der Waals surface area contributed by atoms with Crippen molar-refractivity contribution in [2.24, 2.45) is 4.99 Å². The van der Waals surface area contributed by atoms with Gasteiger partial charge in [-0.25, -0.2) is 18.9 Å². The number of thioether (sulfide) groups is 1. The molecule has 1 atom stereocenters. The molecule has 0 spiro atoms. The minimum absolute atomic E-state index is 0.0460. The van der Waals surface area contributed by atoms with Crippen LogP contribution in [0.1, 0.15) is 37.1 Å². The summed E-state index contributed by atoms with van der Waals surface area (Å²) in [5, 5.41) is 4.74. The van der Waals surface area contributed by atoms with E-state index in [0.717, 1.165) is 29.5 Å². The number of halogens is 7. The van der Waals surface area contributed by atoms with Crippen molar-refractivity contribution in [2.45, 2.75) is 38.2 Å². The Hall–Kier alpha value is -4.57. The number of carbonyl (C=O) groups is 2. The van der Waals surface area contributed by atoms with Crippen LogP contribution in [0.2, 0.25) is 5.02 Å². The van der Waals surface area contributed by atoms with Gasteiger partial charge in [0.1, 0.15) is 18.7 Å². The smallest absolute Gasteiger partial charge is 0.444 e. The number of amidine groups is 1. The summed E-state index contributed by atoms with van der Waals surface area (Å²) in [6, 6.07) is 15.3. The van der Waals surface area contributed by atoms with Gasteiger partial charge in [-0.3, -0.25) is 9.69 Å². The molecule has 5 rings (SSSR count). The van der Waals surface area contributed by atoms with Crippen molar-refractivity contribution in [2.75, 3.05) is 17.3 Å². The fourth-order valence-corrected chi connectivity index (χ4v) is 5.48. The zero-order valence-electron chi connectivity index (χ0n) is 24.9. The molecule has 0 radical (unpaired) electrons. The van der Waals surface area contributed by atoms with Crippen LogP contribution in [0.15, 0.2) is 78.0 Å². The Morgan fingerprint density at radius 3 is 2.38 bits per heavy atom. The number of benzene rings is 3. The maximum atomic E-state index is 15.0. The second kappa shape index (κ2) is 13.9. The molecule has 1 aromatic heterocycles. The van der Waals surface area contributed by atoms with Gasteiger partial charge in [-0.05, 0) is 53.4 Å². The molecule has 3 aromatic carbocycles. The fraction of sp³-hybridized carbons (Fsp3) is 0.258. The third-order valence-electron chi connectivity index (χ3n) is 6.86. The van der Waals surface area contributed by atoms with Crippen molar-refractivity contribution in [1.82, 2.24) is 14.8 Å². The molecular weight excluding hydrogens is 688 g/mol. The minimum atomic E-state index is -5.88. The highest BCUT2D eigenvalue weighted by Crippen LogP contribution is 2.38. The Balaban J connectivity index is 1.20. The lowest BCUT2D eigenvalue weighted by molar-refractivity contribution is -0.360. The molecular formula is C31H24ClF6N5O4S. The maximum absolute atomic E-state index is 15.0. The van der Waals surface area contributed by atoms with Crippen LogP contribution in [0.5, 0.6) is 5.75 Å². The van der Waals surface area contributed by atoms with E-state index in [1.807, 2.05) is 13.8 Å². The van der Waals surface area contributed by atoms with Gasteiger partial charge in [0.15, 0.2) is 17.2 Å². The van der Waals surface area contributed by atoms with Crippen molar-refractivity contribution in [3.63, 3.8) is 0 Å². The van der Waals surface area contributed by atoms with E-state index in [4.69, 9.17) is 16.3 Å². The van der Waals surface area contributed by atoms with Crippen LogP contribution < -0.4 is 9.64 Å². The fourth-order valence-electron chi connectivity index (χ4n) is 4.46. The van der Waals surface area contributed by atoms with Gasteiger partial charge in [0.2, 0.25) is 5.91 Å². The Kier molecular flexibility index (Phi) is 10.1. The maximum Gasteiger partial charge on any atom is 0.499 e. The van der Waals surface area contributed by atoms with Crippen LogP contribution in [0, 0.1) is 0 Å². The summed E-state index contributed by atoms with van der Waals surface area (Å²) in [5.41, 5.74) is 2.27. The van der Waals surface area contributed by atoms with Crippen LogP contribution in [-0.2, 0) is 9.53 Å². The van der Waals surface area contributed by atoms with Crippen molar-refractivity contribution >= 4 is 46.2 Å². The SMILES string of the molecule is CC(C)c1ccc(Cl)cc1N1C(=O)CSC1=NC(=O)OCC(F)c1ccc(-c2ncn(-c3ccc(OC(F)(F)C(F)(F)F)cc3)n2)cc1. The number of aromatic nitrogens is 3. The van der Waals surface area contributed by atoms with E-state index >= 15 is 0 Å². The van der Waals surface area contributed by atoms with Crippen LogP contribution >= 0.6 is 23.4 Å². The van der Waals surface area contributed by atoms with Crippen LogP contribution in [0.4, 0.5) is 36.8 Å². The standard InChI is InChI=1S/C31H24ClF6N5O4S/c1-17(2)23-12-7-20(32)13-25(23)43-26(44)15-48-28(43)40-29(45)46-14-24(33)18-3-5-19(6-4-18)27-39-16-42(41-27)21-8-10-22(11-9-21)47-31(37,38)30(34,35)36/h3-13,16-17,24H,14-15H2,1-2H3. The molecule has 0 N–H and O–H groups in total. The molecule has 4 aromatic rings. The molecule has 0 saturated carbocycles. The first-order valence-corrected chi connectivity index (χ1v) is 15.4. The van der Waals surface area contributed by atoms with Gasteiger partial charge in [-0.2, -0.15) is 26.9 Å². The molecule has 0 aliphatic carbocycles. The lowest BCUT2D eigenvalue weighted by Gasteiger charge is -2.21. The van der Waals surface area contributed by atoms with E-state index in [1.165, 1.54) is 52.3 Å². The highest BCUT2D eigenvalue weighted by atomic mass is 35.5. The number of nitrogens with zero attached hydrogens (tertiary/aromatic N) is 5. The predicted molar refractivity (Wildman–Crippen MR) is 167 cm³/mol. The molecule has 1 aliphatic rings. The lowest BCUT2D eigenvalue weighted by atomic mass is 10.0. The summed E-state index contributed by atoms with van der Waals surface area (Å²) in [5.74, 6) is -0.697. The molecule has 0 bridgehead atoms. The molecule has 48 heavy (non-hydrogen) atoms. The summed E-state index contributed by atoms with van der Waals surface area (Å²) in [6.45, 7) is 3.25. The molecule has 17 heteroatoms. The monoisotopic (exact) mass is 711 g/mol. The van der Waals surface area contributed by atoms with E-state index in [1.54, 1.807) is 18.2 Å². The number of hydrogen-bond donors (Lipinski definition) is 0. The van der Waals surface area contributed by atoms with Crippen molar-refractivity contribution in [1.29, 1.82) is 0 Å². The molecule has 1 saturated heterocycles. The zero-order chi connectivity index (χ0) is 34.8. The Morgan fingerprint density at radius 2 is 1.73 bits per heavy atom. The number of ether oxygens (including phenoxy) is 2. The van der Waals surface area contributed by atoms with Crippen LogP contribution in [0.3, 0.4) is 0 Å². The molecule has 2 amide bonds. The Bertz CT molecular complexity index is 1830. The van der Waals surface area contributed by atoms with Gasteiger partial charge in [0.05, 0.1) is 17.1 Å². The van der Waals surface area contributed by atoms with Gasteiger partial charge in [0.25, 0.3) is 0 Å². The van der Waals surface area contributed by atoms with E-state index in [-0.39, 0.29) is 34.1 Å². The van der Waals surface area contributed by atoms with Crippen molar-refractivity contribution in [3.8, 4) is 22.8 Å². The van der Waals surface area contributed by atoms with E-state index < -0.39 is 36.9 Å². The molecule has 1 fully saturated rings. The number of aliphatic imine (C=N–C) groups is 1.